The van der Waals surface area contributed by atoms with Crippen LogP contribution < -0.4 is 4.74 Å². The predicted molar refractivity (Wildman–Crippen MR) is 91.2 cm³/mol. The highest BCUT2D eigenvalue weighted by Gasteiger charge is 2.18. The van der Waals surface area contributed by atoms with Crippen molar-refractivity contribution in [1.82, 2.24) is 0 Å². The first kappa shape index (κ1) is 16.9. The molecule has 0 aliphatic heterocycles. The smallest absolute Gasteiger partial charge is 0.228 e. The maximum atomic E-state index is 12.2. The van der Waals surface area contributed by atoms with Crippen molar-refractivity contribution in [3.8, 4) is 5.75 Å². The highest BCUT2D eigenvalue weighted by Crippen LogP contribution is 2.22. The molecule has 0 bridgehead atoms. The molecule has 2 aromatic rings. The monoisotopic (exact) mass is 310 g/mol. The molecule has 0 radical (unpaired) electrons. The minimum atomic E-state index is -0.465. The summed E-state index contributed by atoms with van der Waals surface area (Å²) in [6.07, 6.45) is 0.120. The van der Waals surface area contributed by atoms with Crippen LogP contribution >= 0.6 is 0 Å². The molecule has 0 atom stereocenters. The Morgan fingerprint density at radius 1 is 0.913 bits per heavy atom. The van der Waals surface area contributed by atoms with Crippen LogP contribution in [0.15, 0.2) is 48.5 Å². The molecule has 0 N–H and O–H groups in total. The molecule has 2 aromatic carbocycles. The summed E-state index contributed by atoms with van der Waals surface area (Å²) in [6.45, 7) is 6.42. The number of ketones is 2. The van der Waals surface area contributed by atoms with Crippen LogP contribution in [0.3, 0.4) is 0 Å². The Kier molecular flexibility index (Phi) is 4.99. The minimum absolute atomic E-state index is 0.0709. The van der Waals surface area contributed by atoms with Crippen molar-refractivity contribution in [3.05, 3.63) is 65.2 Å². The van der Waals surface area contributed by atoms with Gasteiger partial charge in [-0.3, -0.25) is 9.59 Å². The third kappa shape index (κ3) is 4.28. The van der Waals surface area contributed by atoms with E-state index >= 15 is 0 Å². The van der Waals surface area contributed by atoms with Crippen LogP contribution in [0.2, 0.25) is 0 Å². The molecular weight excluding hydrogens is 288 g/mol. The van der Waals surface area contributed by atoms with Crippen LogP contribution in [-0.4, -0.2) is 18.7 Å². The van der Waals surface area contributed by atoms with Crippen LogP contribution in [0.25, 0.3) is 0 Å². The average Bonchev–Trinajstić information content (AvgIpc) is 2.54. The Morgan fingerprint density at radius 2 is 1.48 bits per heavy atom. The number of carbonyl (C=O) groups is 2. The molecule has 3 heteroatoms. The van der Waals surface area contributed by atoms with E-state index in [2.05, 4.69) is 20.8 Å². The number of benzene rings is 2. The lowest BCUT2D eigenvalue weighted by Gasteiger charge is -2.19. The summed E-state index contributed by atoms with van der Waals surface area (Å²) in [5.74, 6) is -0.210. The number of rotatable bonds is 5. The van der Waals surface area contributed by atoms with Gasteiger partial charge < -0.3 is 4.74 Å². The van der Waals surface area contributed by atoms with Gasteiger partial charge in [0.05, 0.1) is 7.11 Å². The standard InChI is InChI=1S/C20H22O3/c1-20(2,3)16-9-5-14(6-10-16)13-18(21)19(22)15-7-11-17(23-4)12-8-15/h5-12H,13H2,1-4H3. The normalized spacial score (nSPS) is 11.1. The molecule has 0 heterocycles. The quantitative estimate of drug-likeness (QED) is 0.619. The minimum Gasteiger partial charge on any atom is -0.497 e. The van der Waals surface area contributed by atoms with Gasteiger partial charge in [-0.05, 0) is 40.8 Å². The van der Waals surface area contributed by atoms with Gasteiger partial charge in [-0.2, -0.15) is 0 Å². The topological polar surface area (TPSA) is 43.4 Å². The molecule has 0 aromatic heterocycles. The SMILES string of the molecule is COc1ccc(C(=O)C(=O)Cc2ccc(C(C)(C)C)cc2)cc1. The van der Waals surface area contributed by atoms with Gasteiger partial charge in [-0.1, -0.05) is 45.0 Å². The highest BCUT2D eigenvalue weighted by molar-refractivity contribution is 6.44. The first-order chi connectivity index (χ1) is 10.8. The van der Waals surface area contributed by atoms with E-state index < -0.39 is 11.6 Å². The predicted octanol–water partition coefficient (Wildman–Crippen LogP) is 3.99. The van der Waals surface area contributed by atoms with E-state index in [1.807, 2.05) is 24.3 Å². The Balaban J connectivity index is 2.07. The van der Waals surface area contributed by atoms with Crippen molar-refractivity contribution < 1.29 is 14.3 Å². The van der Waals surface area contributed by atoms with Crippen LogP contribution in [0.5, 0.6) is 5.75 Å². The first-order valence-corrected chi connectivity index (χ1v) is 7.62. The Bertz CT molecular complexity index is 689. The van der Waals surface area contributed by atoms with Gasteiger partial charge in [0.2, 0.25) is 11.6 Å². The second-order valence-corrected chi connectivity index (χ2v) is 6.60. The first-order valence-electron chi connectivity index (χ1n) is 7.62. The van der Waals surface area contributed by atoms with Gasteiger partial charge in [-0.25, -0.2) is 0 Å². The molecule has 0 fully saturated rings. The lowest BCUT2D eigenvalue weighted by molar-refractivity contribution is -0.114. The second kappa shape index (κ2) is 6.78. The molecule has 2 rings (SSSR count). The number of methoxy groups -OCH3 is 1. The molecule has 120 valence electrons. The largest absolute Gasteiger partial charge is 0.497 e. The Morgan fingerprint density at radius 3 is 1.96 bits per heavy atom. The fourth-order valence-electron chi connectivity index (χ4n) is 2.29. The third-order valence-corrected chi connectivity index (χ3v) is 3.79. The molecule has 0 aliphatic rings. The van der Waals surface area contributed by atoms with Gasteiger partial charge in [0.25, 0.3) is 0 Å². The van der Waals surface area contributed by atoms with Crippen molar-refractivity contribution in [3.63, 3.8) is 0 Å². The van der Waals surface area contributed by atoms with E-state index in [4.69, 9.17) is 4.74 Å². The molecular formula is C20H22O3. The van der Waals surface area contributed by atoms with E-state index in [1.54, 1.807) is 31.4 Å². The zero-order valence-electron chi connectivity index (χ0n) is 14.1. The summed E-state index contributed by atoms with van der Waals surface area (Å²) in [6, 6.07) is 14.4. The van der Waals surface area contributed by atoms with Crippen molar-refractivity contribution in [2.75, 3.05) is 7.11 Å². The maximum absolute atomic E-state index is 12.2. The number of ether oxygens (including phenoxy) is 1. The van der Waals surface area contributed by atoms with E-state index in [0.29, 0.717) is 11.3 Å². The van der Waals surface area contributed by atoms with E-state index in [-0.39, 0.29) is 11.8 Å². The van der Waals surface area contributed by atoms with Gasteiger partial charge in [-0.15, -0.1) is 0 Å². The number of Topliss-reactive ketones (excluding diaryl/α,β-unsaturated/α-hetero) is 2. The molecule has 0 spiro atoms. The van der Waals surface area contributed by atoms with Gasteiger partial charge in [0.15, 0.2) is 0 Å². The molecule has 0 saturated carbocycles. The summed E-state index contributed by atoms with van der Waals surface area (Å²) in [5.41, 5.74) is 2.52. The van der Waals surface area contributed by atoms with Crippen LogP contribution in [0, 0.1) is 0 Å². The molecule has 0 saturated heterocycles. The summed E-state index contributed by atoms with van der Waals surface area (Å²) in [7, 11) is 1.56. The molecule has 23 heavy (non-hydrogen) atoms. The van der Waals surface area contributed by atoms with Crippen molar-refractivity contribution >= 4 is 11.6 Å². The number of hydrogen-bond acceptors (Lipinski definition) is 3. The van der Waals surface area contributed by atoms with Crippen molar-refractivity contribution in [2.45, 2.75) is 32.6 Å². The number of carbonyl (C=O) groups excluding carboxylic acids is 2. The summed E-state index contributed by atoms with van der Waals surface area (Å²) in [5, 5.41) is 0. The Hall–Kier alpha value is -2.42. The highest BCUT2D eigenvalue weighted by atomic mass is 16.5. The summed E-state index contributed by atoms with van der Waals surface area (Å²) < 4.78 is 5.05. The number of hydrogen-bond donors (Lipinski definition) is 0. The molecule has 0 unspecified atom stereocenters. The molecule has 3 nitrogen and oxygen atoms in total. The van der Waals surface area contributed by atoms with E-state index in [9.17, 15) is 9.59 Å². The molecule has 0 amide bonds. The Labute approximate surface area is 137 Å². The van der Waals surface area contributed by atoms with Crippen LogP contribution in [0.4, 0.5) is 0 Å². The van der Waals surface area contributed by atoms with Crippen molar-refractivity contribution in [1.29, 1.82) is 0 Å². The van der Waals surface area contributed by atoms with Crippen molar-refractivity contribution in [2.24, 2.45) is 0 Å². The van der Waals surface area contributed by atoms with Gasteiger partial charge in [0, 0.05) is 12.0 Å². The van der Waals surface area contributed by atoms with Crippen LogP contribution in [0.1, 0.15) is 42.3 Å². The van der Waals surface area contributed by atoms with Gasteiger partial charge in [0.1, 0.15) is 5.75 Å². The zero-order chi connectivity index (χ0) is 17.0. The summed E-state index contributed by atoms with van der Waals surface area (Å²) in [4.78, 5) is 24.4. The lowest BCUT2D eigenvalue weighted by Crippen LogP contribution is -2.17. The maximum Gasteiger partial charge on any atom is 0.228 e. The third-order valence-electron chi connectivity index (χ3n) is 3.79. The van der Waals surface area contributed by atoms with E-state index in [1.165, 1.54) is 5.56 Å². The average molecular weight is 310 g/mol. The summed E-state index contributed by atoms with van der Waals surface area (Å²) >= 11 is 0. The zero-order valence-corrected chi connectivity index (χ0v) is 14.1. The lowest BCUT2D eigenvalue weighted by atomic mass is 9.86. The second-order valence-electron chi connectivity index (χ2n) is 6.60. The fourth-order valence-corrected chi connectivity index (χ4v) is 2.29. The van der Waals surface area contributed by atoms with Gasteiger partial charge >= 0.3 is 0 Å². The van der Waals surface area contributed by atoms with Crippen LogP contribution in [-0.2, 0) is 16.6 Å². The molecule has 0 aliphatic carbocycles. The fraction of sp³-hybridized carbons (Fsp3) is 0.300. The van der Waals surface area contributed by atoms with E-state index in [0.717, 1.165) is 5.56 Å².